The highest BCUT2D eigenvalue weighted by Gasteiger charge is 2.11. The van der Waals surface area contributed by atoms with E-state index in [1.807, 2.05) is 6.07 Å². The summed E-state index contributed by atoms with van der Waals surface area (Å²) in [6.07, 6.45) is 2.99. The molecule has 0 spiro atoms. The summed E-state index contributed by atoms with van der Waals surface area (Å²) in [5.41, 5.74) is 1.23. The van der Waals surface area contributed by atoms with Gasteiger partial charge in [-0.3, -0.25) is 14.6 Å². The number of anilines is 1. The van der Waals surface area contributed by atoms with E-state index in [2.05, 4.69) is 15.6 Å². The molecule has 1 aromatic heterocycles. The molecule has 1 heterocycles. The number of aromatic nitrogens is 1. The van der Waals surface area contributed by atoms with Crippen molar-refractivity contribution in [2.75, 3.05) is 5.32 Å². The molecular formula is C15H13Cl2N3O2. The van der Waals surface area contributed by atoms with E-state index in [1.165, 1.54) is 6.07 Å². The molecule has 114 valence electrons. The lowest BCUT2D eigenvalue weighted by atomic mass is 10.2. The Morgan fingerprint density at radius 3 is 2.68 bits per heavy atom. The number of hydrogen-bond donors (Lipinski definition) is 2. The average molecular weight is 338 g/mol. The van der Waals surface area contributed by atoms with Crippen molar-refractivity contribution in [3.63, 3.8) is 0 Å². The summed E-state index contributed by atoms with van der Waals surface area (Å²) < 4.78 is 0. The van der Waals surface area contributed by atoms with Crippen LogP contribution in [-0.2, 0) is 16.1 Å². The number of benzene rings is 1. The molecule has 0 aliphatic rings. The van der Waals surface area contributed by atoms with Gasteiger partial charge in [0.15, 0.2) is 0 Å². The van der Waals surface area contributed by atoms with Crippen LogP contribution in [0.4, 0.5) is 5.69 Å². The predicted octanol–water partition coefficient (Wildman–Crippen LogP) is 3.03. The summed E-state index contributed by atoms with van der Waals surface area (Å²) >= 11 is 11.8. The normalized spacial score (nSPS) is 10.1. The lowest BCUT2D eigenvalue weighted by Gasteiger charge is -2.08. The van der Waals surface area contributed by atoms with Crippen molar-refractivity contribution in [3.8, 4) is 0 Å². The van der Waals surface area contributed by atoms with Crippen LogP contribution in [0.15, 0.2) is 42.7 Å². The monoisotopic (exact) mass is 337 g/mol. The van der Waals surface area contributed by atoms with Crippen molar-refractivity contribution in [1.29, 1.82) is 0 Å². The van der Waals surface area contributed by atoms with Gasteiger partial charge in [0.05, 0.1) is 10.7 Å². The second kappa shape index (κ2) is 7.77. The molecule has 0 aliphatic heterocycles. The largest absolute Gasteiger partial charge is 0.352 e. The zero-order valence-corrected chi connectivity index (χ0v) is 13.0. The van der Waals surface area contributed by atoms with Crippen LogP contribution in [0.1, 0.15) is 12.0 Å². The first-order chi connectivity index (χ1) is 10.5. The molecule has 0 fully saturated rings. The Bertz CT molecular complexity index is 678. The summed E-state index contributed by atoms with van der Waals surface area (Å²) in [6.45, 7) is 0.317. The van der Waals surface area contributed by atoms with Crippen LogP contribution < -0.4 is 10.6 Å². The molecule has 0 aliphatic carbocycles. The summed E-state index contributed by atoms with van der Waals surface area (Å²) in [4.78, 5) is 27.5. The minimum absolute atomic E-state index is 0.302. The molecular weight excluding hydrogens is 325 g/mol. The van der Waals surface area contributed by atoms with Crippen molar-refractivity contribution in [2.24, 2.45) is 0 Å². The number of halogens is 2. The van der Waals surface area contributed by atoms with Crippen LogP contribution in [0.5, 0.6) is 0 Å². The smallest absolute Gasteiger partial charge is 0.233 e. The fourth-order valence-corrected chi connectivity index (χ4v) is 2.04. The van der Waals surface area contributed by atoms with Gasteiger partial charge in [0.25, 0.3) is 0 Å². The third-order valence-corrected chi connectivity index (χ3v) is 3.30. The van der Waals surface area contributed by atoms with Gasteiger partial charge in [-0.2, -0.15) is 0 Å². The Labute approximate surface area is 137 Å². The molecule has 0 atom stereocenters. The zero-order chi connectivity index (χ0) is 15.9. The molecule has 2 amide bonds. The van der Waals surface area contributed by atoms with Gasteiger partial charge in [0.2, 0.25) is 11.8 Å². The fraction of sp³-hybridized carbons (Fsp3) is 0.133. The number of pyridine rings is 1. The summed E-state index contributed by atoms with van der Waals surface area (Å²) in [6, 6.07) is 8.31. The molecule has 22 heavy (non-hydrogen) atoms. The number of carbonyl (C=O) groups is 2. The van der Waals surface area contributed by atoms with Gasteiger partial charge in [0.1, 0.15) is 6.42 Å². The van der Waals surface area contributed by atoms with E-state index in [0.717, 1.165) is 5.56 Å². The molecule has 0 saturated carbocycles. The molecule has 0 bridgehead atoms. The molecule has 0 saturated heterocycles. The lowest BCUT2D eigenvalue weighted by Crippen LogP contribution is -2.27. The number of nitrogens with one attached hydrogen (secondary N) is 2. The van der Waals surface area contributed by atoms with E-state index in [0.29, 0.717) is 22.3 Å². The Morgan fingerprint density at radius 1 is 1.14 bits per heavy atom. The first kappa shape index (κ1) is 16.3. The van der Waals surface area contributed by atoms with Gasteiger partial charge < -0.3 is 10.6 Å². The minimum atomic E-state index is -0.465. The third kappa shape index (κ3) is 5.02. The highest BCUT2D eigenvalue weighted by molar-refractivity contribution is 6.35. The number of rotatable bonds is 5. The van der Waals surface area contributed by atoms with Gasteiger partial charge in [-0.05, 0) is 29.8 Å². The van der Waals surface area contributed by atoms with Gasteiger partial charge in [-0.1, -0.05) is 29.3 Å². The highest BCUT2D eigenvalue weighted by Crippen LogP contribution is 2.25. The quantitative estimate of drug-likeness (QED) is 0.823. The van der Waals surface area contributed by atoms with Crippen LogP contribution in [0, 0.1) is 0 Å². The number of carbonyl (C=O) groups excluding carboxylic acids is 2. The van der Waals surface area contributed by atoms with Crippen molar-refractivity contribution < 1.29 is 9.59 Å². The summed E-state index contributed by atoms with van der Waals surface area (Å²) in [5.74, 6) is -0.854. The van der Waals surface area contributed by atoms with Crippen LogP contribution in [0.2, 0.25) is 10.0 Å². The van der Waals surface area contributed by atoms with Crippen molar-refractivity contribution in [3.05, 3.63) is 58.3 Å². The predicted molar refractivity (Wildman–Crippen MR) is 85.8 cm³/mol. The maximum absolute atomic E-state index is 11.8. The molecule has 5 nitrogen and oxygen atoms in total. The van der Waals surface area contributed by atoms with E-state index >= 15 is 0 Å². The molecule has 0 unspecified atom stereocenters. The van der Waals surface area contributed by atoms with Gasteiger partial charge >= 0.3 is 0 Å². The second-order valence-corrected chi connectivity index (χ2v) is 5.33. The van der Waals surface area contributed by atoms with Gasteiger partial charge in [0, 0.05) is 24.0 Å². The van der Waals surface area contributed by atoms with E-state index < -0.39 is 5.91 Å². The number of nitrogens with zero attached hydrogens (tertiary/aromatic N) is 1. The van der Waals surface area contributed by atoms with E-state index in [1.54, 1.807) is 30.6 Å². The van der Waals surface area contributed by atoms with E-state index in [9.17, 15) is 9.59 Å². The maximum atomic E-state index is 11.8. The first-order valence-corrected chi connectivity index (χ1v) is 7.20. The van der Waals surface area contributed by atoms with E-state index in [4.69, 9.17) is 23.2 Å². The lowest BCUT2D eigenvalue weighted by molar-refractivity contribution is -0.126. The van der Waals surface area contributed by atoms with Crippen LogP contribution in [0.3, 0.4) is 0 Å². The third-order valence-electron chi connectivity index (χ3n) is 2.74. The molecule has 7 heteroatoms. The molecule has 0 radical (unpaired) electrons. The maximum Gasteiger partial charge on any atom is 0.233 e. The molecule has 2 rings (SSSR count). The Kier molecular flexibility index (Phi) is 5.75. The molecule has 2 aromatic rings. The summed E-state index contributed by atoms with van der Waals surface area (Å²) in [5, 5.41) is 5.99. The topological polar surface area (TPSA) is 71.1 Å². The number of amides is 2. The Morgan fingerprint density at radius 2 is 1.95 bits per heavy atom. The minimum Gasteiger partial charge on any atom is -0.352 e. The molecule has 1 aromatic carbocycles. The van der Waals surface area contributed by atoms with E-state index in [-0.39, 0.29) is 12.3 Å². The van der Waals surface area contributed by atoms with Crippen molar-refractivity contribution in [1.82, 2.24) is 10.3 Å². The Balaban J connectivity index is 1.84. The standard InChI is InChI=1S/C15H13Cl2N3O2/c16-11-3-4-12(17)13(6-11)20-15(22)7-14(21)19-9-10-2-1-5-18-8-10/h1-6,8H,7,9H2,(H,19,21)(H,20,22). The van der Waals surface area contributed by atoms with Crippen LogP contribution >= 0.6 is 23.2 Å². The van der Waals surface area contributed by atoms with Gasteiger partial charge in [-0.15, -0.1) is 0 Å². The number of hydrogen-bond acceptors (Lipinski definition) is 3. The average Bonchev–Trinajstić information content (AvgIpc) is 2.50. The SMILES string of the molecule is O=C(CC(=O)Nc1cc(Cl)ccc1Cl)NCc1cccnc1. The van der Waals surface area contributed by atoms with Crippen LogP contribution in [0.25, 0.3) is 0 Å². The first-order valence-electron chi connectivity index (χ1n) is 6.45. The van der Waals surface area contributed by atoms with Gasteiger partial charge in [-0.25, -0.2) is 0 Å². The highest BCUT2D eigenvalue weighted by atomic mass is 35.5. The fourth-order valence-electron chi connectivity index (χ4n) is 1.70. The van der Waals surface area contributed by atoms with Crippen molar-refractivity contribution >= 4 is 40.7 Å². The Hall–Kier alpha value is -2.11. The molecule has 2 N–H and O–H groups in total. The van der Waals surface area contributed by atoms with Crippen molar-refractivity contribution in [2.45, 2.75) is 13.0 Å². The van der Waals surface area contributed by atoms with Crippen LogP contribution in [-0.4, -0.2) is 16.8 Å². The second-order valence-electron chi connectivity index (χ2n) is 4.49. The summed E-state index contributed by atoms with van der Waals surface area (Å²) in [7, 11) is 0. The zero-order valence-electron chi connectivity index (χ0n) is 11.5.